The first-order valence-electron chi connectivity index (χ1n) is 1.94. The normalized spacial score (nSPS) is 7.57. The van der Waals surface area contributed by atoms with Crippen molar-refractivity contribution in [1.29, 1.82) is 0 Å². The van der Waals surface area contributed by atoms with Gasteiger partial charge in [0.05, 0.1) is 0 Å². The molecule has 0 radical (unpaired) electrons. The Hall–Kier alpha value is -0.440. The molecule has 0 spiro atoms. The minimum absolute atomic E-state index is 0.282. The number of ether oxygens (including phenoxy) is 1. The van der Waals surface area contributed by atoms with E-state index in [1.165, 1.54) is 0 Å². The maximum absolute atomic E-state index is 10.1. The average Bonchev–Trinajstić information content (AvgIpc) is 1.68. The molecule has 0 heterocycles. The predicted octanol–water partition coefficient (Wildman–Crippen LogP) is 0.897. The maximum atomic E-state index is 10.1. The van der Waals surface area contributed by atoms with Crippen LogP contribution in [0.4, 0.5) is 0 Å². The van der Waals surface area contributed by atoms with Crippen molar-refractivity contribution in [1.82, 2.24) is 0 Å². The summed E-state index contributed by atoms with van der Waals surface area (Å²) < 4.78 is 4.24. The zero-order chi connectivity index (χ0) is 5.70. The molecule has 0 saturated carbocycles. The van der Waals surface area contributed by atoms with E-state index in [4.69, 9.17) is 0 Å². The van der Waals surface area contributed by atoms with E-state index in [0.717, 1.165) is 5.55 Å². The summed E-state index contributed by atoms with van der Waals surface area (Å²) in [6.45, 7) is 1.71. The first-order valence-corrected chi connectivity index (χ1v) is 2.41. The maximum Gasteiger partial charge on any atom is 0.311 e. The Morgan fingerprint density at radius 1 is 2.00 bits per heavy atom. The lowest BCUT2D eigenvalue weighted by atomic mass is 10.5. The third-order valence-corrected chi connectivity index (χ3v) is 0.564. The highest BCUT2D eigenvalue weighted by molar-refractivity contribution is 7.78. The van der Waals surface area contributed by atoms with Crippen molar-refractivity contribution in [2.24, 2.45) is 0 Å². The standard InChI is InChI=1S/C4H6O2S/c1-2-4(5)6-3-7/h3H,2H2,1H3. The average molecular weight is 118 g/mol. The van der Waals surface area contributed by atoms with Crippen molar-refractivity contribution in [3.63, 3.8) is 0 Å². The van der Waals surface area contributed by atoms with E-state index in [9.17, 15) is 4.79 Å². The van der Waals surface area contributed by atoms with Crippen molar-refractivity contribution in [2.75, 3.05) is 0 Å². The lowest BCUT2D eigenvalue weighted by molar-refractivity contribution is -0.134. The summed E-state index contributed by atoms with van der Waals surface area (Å²) in [5, 5.41) is 0. The second kappa shape index (κ2) is 3.74. The molecule has 0 aromatic heterocycles. The summed E-state index contributed by atoms with van der Waals surface area (Å²) in [4.78, 5) is 10.1. The van der Waals surface area contributed by atoms with Crippen LogP contribution in [0, 0.1) is 0 Å². The molecule has 0 fully saturated rings. The van der Waals surface area contributed by atoms with Gasteiger partial charge in [-0.1, -0.05) is 6.92 Å². The molecule has 0 aliphatic rings. The fourth-order valence-corrected chi connectivity index (χ4v) is 0.244. The summed E-state index contributed by atoms with van der Waals surface area (Å²) >= 11 is 4.23. The van der Waals surface area contributed by atoms with E-state index >= 15 is 0 Å². The van der Waals surface area contributed by atoms with Crippen LogP contribution < -0.4 is 0 Å². The number of hydrogen-bond acceptors (Lipinski definition) is 3. The zero-order valence-corrected chi connectivity index (χ0v) is 4.83. The molecule has 0 atom stereocenters. The van der Waals surface area contributed by atoms with E-state index in [1.54, 1.807) is 6.92 Å². The minimum Gasteiger partial charge on any atom is -0.423 e. The summed E-state index contributed by atoms with van der Waals surface area (Å²) in [7, 11) is 0. The van der Waals surface area contributed by atoms with Crippen molar-refractivity contribution in [3.05, 3.63) is 0 Å². The molecule has 0 N–H and O–H groups in total. The largest absolute Gasteiger partial charge is 0.423 e. The molecule has 0 rings (SSSR count). The lowest BCUT2D eigenvalue weighted by Crippen LogP contribution is -1.97. The molecule has 0 amide bonds. The zero-order valence-electron chi connectivity index (χ0n) is 4.01. The quantitative estimate of drug-likeness (QED) is 0.398. The van der Waals surface area contributed by atoms with Gasteiger partial charge in [0, 0.05) is 6.42 Å². The Labute approximate surface area is 47.5 Å². The molecule has 0 unspecified atom stereocenters. The van der Waals surface area contributed by atoms with Gasteiger partial charge < -0.3 is 4.74 Å². The van der Waals surface area contributed by atoms with Crippen LogP contribution in [0.1, 0.15) is 13.3 Å². The summed E-state index contributed by atoms with van der Waals surface area (Å²) in [6, 6.07) is 0. The number of carbonyl (C=O) groups excluding carboxylic acids is 1. The van der Waals surface area contributed by atoms with Crippen molar-refractivity contribution in [3.8, 4) is 0 Å². The van der Waals surface area contributed by atoms with E-state index < -0.39 is 0 Å². The lowest BCUT2D eigenvalue weighted by Gasteiger charge is -1.87. The first kappa shape index (κ1) is 6.56. The van der Waals surface area contributed by atoms with Crippen LogP contribution in [0.2, 0.25) is 0 Å². The third-order valence-electron chi connectivity index (χ3n) is 0.468. The highest BCUT2D eigenvalue weighted by Gasteiger charge is 1.90. The Morgan fingerprint density at radius 3 is 2.71 bits per heavy atom. The van der Waals surface area contributed by atoms with Crippen molar-refractivity contribution < 1.29 is 9.53 Å². The van der Waals surface area contributed by atoms with Gasteiger partial charge in [-0.05, 0) is 12.2 Å². The van der Waals surface area contributed by atoms with Crippen molar-refractivity contribution in [2.45, 2.75) is 13.3 Å². The van der Waals surface area contributed by atoms with E-state index in [-0.39, 0.29) is 5.97 Å². The Kier molecular flexibility index (Phi) is 3.50. The smallest absolute Gasteiger partial charge is 0.311 e. The van der Waals surface area contributed by atoms with Crippen LogP contribution in [-0.4, -0.2) is 11.5 Å². The number of esters is 1. The highest BCUT2D eigenvalue weighted by Crippen LogP contribution is 1.78. The van der Waals surface area contributed by atoms with Gasteiger partial charge in [-0.2, -0.15) is 0 Å². The van der Waals surface area contributed by atoms with Gasteiger partial charge in [0.2, 0.25) is 0 Å². The molecule has 3 heteroatoms. The number of thiocarbonyl (C=S) groups is 1. The second-order valence-electron chi connectivity index (χ2n) is 0.940. The molecule has 0 aromatic rings. The van der Waals surface area contributed by atoms with Gasteiger partial charge in [0.1, 0.15) is 0 Å². The number of carbonyl (C=O) groups is 1. The van der Waals surface area contributed by atoms with Crippen LogP contribution in [-0.2, 0) is 9.53 Å². The summed E-state index contributed by atoms with van der Waals surface area (Å²) in [5.41, 5.74) is 0.964. The van der Waals surface area contributed by atoms with Gasteiger partial charge in [0.15, 0.2) is 5.55 Å². The molecule has 7 heavy (non-hydrogen) atoms. The second-order valence-corrected chi connectivity index (χ2v) is 1.13. The fraction of sp³-hybridized carbons (Fsp3) is 0.500. The Balaban J connectivity index is 3.17. The molecule has 0 aliphatic carbocycles. The van der Waals surface area contributed by atoms with Crippen LogP contribution >= 0.6 is 12.2 Å². The fourth-order valence-electron chi connectivity index (χ4n) is 0.137. The molecule has 0 aliphatic heterocycles. The summed E-state index contributed by atoms with van der Waals surface area (Å²) in [5.74, 6) is -0.282. The van der Waals surface area contributed by atoms with Crippen LogP contribution in [0.3, 0.4) is 0 Å². The molecule has 40 valence electrons. The van der Waals surface area contributed by atoms with Crippen LogP contribution in [0.25, 0.3) is 0 Å². The van der Waals surface area contributed by atoms with Crippen LogP contribution in [0.15, 0.2) is 0 Å². The molecule has 2 nitrogen and oxygen atoms in total. The molecular weight excluding hydrogens is 112 g/mol. The molecular formula is C4H6O2S. The monoisotopic (exact) mass is 118 g/mol. The minimum atomic E-state index is -0.282. The topological polar surface area (TPSA) is 26.3 Å². The van der Waals surface area contributed by atoms with E-state index in [2.05, 4.69) is 17.0 Å². The highest BCUT2D eigenvalue weighted by atomic mass is 32.1. The van der Waals surface area contributed by atoms with Gasteiger partial charge in [-0.3, -0.25) is 4.79 Å². The third kappa shape index (κ3) is 3.39. The van der Waals surface area contributed by atoms with Gasteiger partial charge in [0.25, 0.3) is 0 Å². The Morgan fingerprint density at radius 2 is 2.57 bits per heavy atom. The summed E-state index contributed by atoms with van der Waals surface area (Å²) in [6.07, 6.45) is 0.382. The van der Waals surface area contributed by atoms with Crippen molar-refractivity contribution >= 4 is 23.7 Å². The van der Waals surface area contributed by atoms with Gasteiger partial charge in [-0.25, -0.2) is 0 Å². The van der Waals surface area contributed by atoms with E-state index in [1.807, 2.05) is 0 Å². The van der Waals surface area contributed by atoms with E-state index in [0.29, 0.717) is 6.42 Å². The van der Waals surface area contributed by atoms with Crippen LogP contribution in [0.5, 0.6) is 0 Å². The number of rotatable bonds is 2. The number of hydrogen-bond donors (Lipinski definition) is 0. The molecule has 0 aromatic carbocycles. The van der Waals surface area contributed by atoms with Gasteiger partial charge in [-0.15, -0.1) is 0 Å². The molecule has 0 bridgehead atoms. The Bertz CT molecular complexity index is 79.8. The molecule has 0 saturated heterocycles. The van der Waals surface area contributed by atoms with Gasteiger partial charge >= 0.3 is 5.97 Å². The first-order chi connectivity index (χ1) is 3.31. The SMILES string of the molecule is CCC(=O)OC=S. The predicted molar refractivity (Wildman–Crippen MR) is 30.0 cm³/mol.